The minimum Gasteiger partial charge on any atom is -0.381 e. The van der Waals surface area contributed by atoms with E-state index in [1.165, 1.54) is 24.9 Å². The van der Waals surface area contributed by atoms with Crippen molar-refractivity contribution in [2.24, 2.45) is 11.8 Å². The molecule has 1 aromatic rings. The van der Waals surface area contributed by atoms with Gasteiger partial charge in [0.1, 0.15) is 0 Å². The summed E-state index contributed by atoms with van der Waals surface area (Å²) in [5.74, 6) is 1.08. The van der Waals surface area contributed by atoms with Crippen molar-refractivity contribution < 1.29 is 9.53 Å². The van der Waals surface area contributed by atoms with Crippen molar-refractivity contribution in [2.45, 2.75) is 31.7 Å². The summed E-state index contributed by atoms with van der Waals surface area (Å²) in [5, 5.41) is 6.28. The number of hydrogen-bond donors (Lipinski definition) is 2. The van der Waals surface area contributed by atoms with E-state index in [-0.39, 0.29) is 12.1 Å². The second-order valence-electron chi connectivity index (χ2n) is 7.55. The predicted molar refractivity (Wildman–Crippen MR) is 99.5 cm³/mol. The van der Waals surface area contributed by atoms with Crippen LogP contribution in [0.25, 0.3) is 0 Å². The van der Waals surface area contributed by atoms with Crippen LogP contribution in [0.3, 0.4) is 0 Å². The van der Waals surface area contributed by atoms with Gasteiger partial charge in [-0.15, -0.1) is 0 Å². The van der Waals surface area contributed by atoms with Crippen molar-refractivity contribution >= 4 is 6.03 Å². The fourth-order valence-electron chi connectivity index (χ4n) is 3.95. The second-order valence-corrected chi connectivity index (χ2v) is 7.55. The third kappa shape index (κ3) is 5.72. The summed E-state index contributed by atoms with van der Waals surface area (Å²) in [5.41, 5.74) is 1.17. The van der Waals surface area contributed by atoms with Gasteiger partial charge in [0.15, 0.2) is 0 Å². The van der Waals surface area contributed by atoms with Crippen molar-refractivity contribution in [3.8, 4) is 0 Å². The highest BCUT2D eigenvalue weighted by atomic mass is 16.5. The molecule has 5 nitrogen and oxygen atoms in total. The molecule has 0 spiro atoms. The van der Waals surface area contributed by atoms with E-state index in [2.05, 4.69) is 34.7 Å². The van der Waals surface area contributed by atoms with E-state index < -0.39 is 0 Å². The fraction of sp³-hybridized carbons (Fsp3) is 0.650. The molecule has 2 aliphatic heterocycles. The molecule has 0 aliphatic carbocycles. The molecule has 2 fully saturated rings. The number of nitrogens with one attached hydrogen (secondary N) is 2. The lowest BCUT2D eigenvalue weighted by atomic mass is 9.94. The minimum atomic E-state index is -0.0546. The second kappa shape index (κ2) is 9.20. The predicted octanol–water partition coefficient (Wildman–Crippen LogP) is 2.80. The summed E-state index contributed by atoms with van der Waals surface area (Å²) in [7, 11) is 2.15. The van der Waals surface area contributed by atoms with Crippen molar-refractivity contribution in [2.75, 3.05) is 39.9 Å². The number of nitrogens with zero attached hydrogens (tertiary/aromatic N) is 1. The number of hydrogen-bond acceptors (Lipinski definition) is 3. The van der Waals surface area contributed by atoms with E-state index in [9.17, 15) is 4.79 Å². The van der Waals surface area contributed by atoms with Gasteiger partial charge in [0.2, 0.25) is 0 Å². The molecular formula is C20H31N3O2. The Morgan fingerprint density at radius 3 is 2.84 bits per heavy atom. The molecule has 3 unspecified atom stereocenters. The average Bonchev–Trinajstić information content (AvgIpc) is 3.13. The van der Waals surface area contributed by atoms with Crippen LogP contribution in [0, 0.1) is 11.8 Å². The van der Waals surface area contributed by atoms with Crippen LogP contribution in [-0.4, -0.2) is 50.8 Å². The molecule has 2 saturated heterocycles. The molecule has 2 N–H and O–H groups in total. The van der Waals surface area contributed by atoms with Gasteiger partial charge in [0.05, 0.1) is 6.04 Å². The molecule has 0 aromatic heterocycles. The average molecular weight is 345 g/mol. The lowest BCUT2D eigenvalue weighted by Crippen LogP contribution is -2.43. The number of likely N-dealkylation sites (tertiary alicyclic amines) is 1. The lowest BCUT2D eigenvalue weighted by molar-refractivity contribution is 0.180. The molecule has 25 heavy (non-hydrogen) atoms. The number of carbonyl (C=O) groups is 1. The normalized spacial score (nSPS) is 25.5. The highest BCUT2D eigenvalue weighted by Crippen LogP contribution is 2.26. The zero-order valence-corrected chi connectivity index (χ0v) is 15.2. The molecule has 1 aromatic carbocycles. The summed E-state index contributed by atoms with van der Waals surface area (Å²) in [4.78, 5) is 14.8. The molecule has 3 rings (SSSR count). The summed E-state index contributed by atoms with van der Waals surface area (Å²) in [6.07, 6.45) is 4.44. The Labute approximate surface area is 151 Å². The third-order valence-electron chi connectivity index (χ3n) is 5.37. The van der Waals surface area contributed by atoms with Crippen molar-refractivity contribution in [1.82, 2.24) is 15.5 Å². The van der Waals surface area contributed by atoms with Crippen LogP contribution < -0.4 is 10.6 Å². The van der Waals surface area contributed by atoms with E-state index in [0.29, 0.717) is 11.8 Å². The van der Waals surface area contributed by atoms with Gasteiger partial charge in [-0.25, -0.2) is 4.79 Å². The van der Waals surface area contributed by atoms with Crippen LogP contribution in [0.15, 0.2) is 30.3 Å². The Morgan fingerprint density at radius 2 is 2.12 bits per heavy atom. The maximum Gasteiger partial charge on any atom is 0.315 e. The zero-order chi connectivity index (χ0) is 17.5. The van der Waals surface area contributed by atoms with Gasteiger partial charge in [0, 0.05) is 26.3 Å². The molecule has 0 radical (unpaired) electrons. The quantitative estimate of drug-likeness (QED) is 0.834. The molecule has 2 heterocycles. The van der Waals surface area contributed by atoms with Gasteiger partial charge in [0.25, 0.3) is 0 Å². The van der Waals surface area contributed by atoms with Crippen LogP contribution in [0.4, 0.5) is 4.79 Å². The number of rotatable bonds is 6. The number of benzene rings is 1. The third-order valence-corrected chi connectivity index (χ3v) is 5.37. The maximum absolute atomic E-state index is 12.5. The number of carbonyl (C=O) groups excluding carboxylic acids is 1. The first-order valence-corrected chi connectivity index (χ1v) is 9.56. The maximum atomic E-state index is 12.5. The molecule has 0 bridgehead atoms. The number of piperidine rings is 1. The van der Waals surface area contributed by atoms with Gasteiger partial charge < -0.3 is 20.3 Å². The van der Waals surface area contributed by atoms with Gasteiger partial charge in [-0.2, -0.15) is 0 Å². The summed E-state index contributed by atoms with van der Waals surface area (Å²) in [6.45, 7) is 4.64. The summed E-state index contributed by atoms with van der Waals surface area (Å²) >= 11 is 0. The molecule has 138 valence electrons. The molecule has 2 aliphatic rings. The Bertz CT molecular complexity index is 531. The molecular weight excluding hydrogens is 314 g/mol. The van der Waals surface area contributed by atoms with Gasteiger partial charge in [-0.1, -0.05) is 30.3 Å². The van der Waals surface area contributed by atoms with Crippen molar-refractivity contribution in [3.05, 3.63) is 35.9 Å². The van der Waals surface area contributed by atoms with Crippen molar-refractivity contribution in [3.63, 3.8) is 0 Å². The molecule has 5 heteroatoms. The first-order chi connectivity index (χ1) is 12.2. The standard InChI is InChI=1S/C20H31N3O2/c1-23-10-5-6-17(14-23)13-21-20(24)22-19(12-16-9-11-25-15-16)18-7-3-2-4-8-18/h2-4,7-8,16-17,19H,5-6,9-15H2,1H3,(H2,21,22,24). The van der Waals surface area contributed by atoms with Crippen LogP contribution >= 0.6 is 0 Å². The number of amides is 2. The van der Waals surface area contributed by atoms with E-state index in [1.807, 2.05) is 18.2 Å². The highest BCUT2D eigenvalue weighted by Gasteiger charge is 2.24. The topological polar surface area (TPSA) is 53.6 Å². The zero-order valence-electron chi connectivity index (χ0n) is 15.2. The number of ether oxygens (including phenoxy) is 1. The monoisotopic (exact) mass is 345 g/mol. The highest BCUT2D eigenvalue weighted by molar-refractivity contribution is 5.74. The SMILES string of the molecule is CN1CCCC(CNC(=O)NC(CC2CCOC2)c2ccccc2)C1. The Morgan fingerprint density at radius 1 is 1.28 bits per heavy atom. The van der Waals surface area contributed by atoms with Gasteiger partial charge in [-0.05, 0) is 56.7 Å². The molecule has 2 amide bonds. The summed E-state index contributed by atoms with van der Waals surface area (Å²) < 4.78 is 5.50. The van der Waals surface area contributed by atoms with E-state index >= 15 is 0 Å². The van der Waals surface area contributed by atoms with Crippen LogP contribution in [-0.2, 0) is 4.74 Å². The van der Waals surface area contributed by atoms with Gasteiger partial charge >= 0.3 is 6.03 Å². The van der Waals surface area contributed by atoms with E-state index in [0.717, 1.165) is 39.1 Å². The van der Waals surface area contributed by atoms with E-state index in [1.54, 1.807) is 0 Å². The Kier molecular flexibility index (Phi) is 6.70. The smallest absolute Gasteiger partial charge is 0.315 e. The van der Waals surface area contributed by atoms with Gasteiger partial charge in [-0.3, -0.25) is 0 Å². The minimum absolute atomic E-state index is 0.0435. The lowest BCUT2D eigenvalue weighted by Gasteiger charge is -2.30. The number of urea groups is 1. The van der Waals surface area contributed by atoms with Crippen LogP contribution in [0.2, 0.25) is 0 Å². The largest absolute Gasteiger partial charge is 0.381 e. The van der Waals surface area contributed by atoms with E-state index in [4.69, 9.17) is 4.74 Å². The Hall–Kier alpha value is -1.59. The van der Waals surface area contributed by atoms with Crippen molar-refractivity contribution in [1.29, 1.82) is 0 Å². The molecule has 0 saturated carbocycles. The Balaban J connectivity index is 1.52. The fourth-order valence-corrected chi connectivity index (χ4v) is 3.95. The first kappa shape index (κ1) is 18.2. The van der Waals surface area contributed by atoms with Crippen LogP contribution in [0.5, 0.6) is 0 Å². The van der Waals surface area contributed by atoms with Crippen LogP contribution in [0.1, 0.15) is 37.3 Å². The first-order valence-electron chi connectivity index (χ1n) is 9.56. The summed E-state index contributed by atoms with van der Waals surface area (Å²) in [6, 6.07) is 10.3. The molecule has 3 atom stereocenters.